The zero-order chi connectivity index (χ0) is 19.7. The molecule has 3 heterocycles. The Kier molecular flexibility index (Phi) is 4.58. The fraction of sp³-hybridized carbons (Fsp3) is 0.263. The summed E-state index contributed by atoms with van der Waals surface area (Å²) in [6, 6.07) is 10.3. The molecule has 0 radical (unpaired) electrons. The first-order valence-electron chi connectivity index (χ1n) is 8.59. The Morgan fingerprint density at radius 2 is 2.04 bits per heavy atom. The Bertz CT molecular complexity index is 988. The molecule has 144 valence electrons. The summed E-state index contributed by atoms with van der Waals surface area (Å²) in [5, 5.41) is 3.90. The molecule has 0 N–H and O–H groups in total. The molecular formula is C19H15F3N4O2. The van der Waals surface area contributed by atoms with Crippen LogP contribution in [-0.2, 0) is 17.5 Å². The largest absolute Gasteiger partial charge is 0.416 e. The molecule has 4 rings (SSSR count). The average molecular weight is 388 g/mol. The molecule has 3 aromatic rings. The number of rotatable bonds is 4. The first-order chi connectivity index (χ1) is 13.4. The Morgan fingerprint density at radius 1 is 1.18 bits per heavy atom. The summed E-state index contributed by atoms with van der Waals surface area (Å²) >= 11 is 0. The summed E-state index contributed by atoms with van der Waals surface area (Å²) in [6.45, 7) is 0.402. The van der Waals surface area contributed by atoms with Crippen LogP contribution in [0.1, 0.15) is 29.4 Å². The molecule has 1 aliphatic heterocycles. The van der Waals surface area contributed by atoms with Crippen LogP contribution in [0.5, 0.6) is 0 Å². The van der Waals surface area contributed by atoms with E-state index >= 15 is 0 Å². The highest BCUT2D eigenvalue weighted by Crippen LogP contribution is 2.32. The molecule has 28 heavy (non-hydrogen) atoms. The molecule has 1 fully saturated rings. The van der Waals surface area contributed by atoms with Crippen molar-refractivity contribution in [1.29, 1.82) is 0 Å². The van der Waals surface area contributed by atoms with Crippen LogP contribution in [0, 0.1) is 0 Å². The van der Waals surface area contributed by atoms with Crippen LogP contribution in [0.25, 0.3) is 11.5 Å². The highest BCUT2D eigenvalue weighted by Gasteiger charge is 2.35. The lowest BCUT2D eigenvalue weighted by molar-refractivity contribution is -0.137. The van der Waals surface area contributed by atoms with E-state index < -0.39 is 11.7 Å². The predicted molar refractivity (Wildman–Crippen MR) is 91.7 cm³/mol. The zero-order valence-electron chi connectivity index (χ0n) is 14.6. The summed E-state index contributed by atoms with van der Waals surface area (Å²) < 4.78 is 43.9. The van der Waals surface area contributed by atoms with Gasteiger partial charge in [-0.3, -0.25) is 9.78 Å². The third-order valence-electron chi connectivity index (χ3n) is 4.53. The van der Waals surface area contributed by atoms with Gasteiger partial charge in [0.25, 0.3) is 0 Å². The lowest BCUT2D eigenvalue weighted by atomic mass is 10.1. The number of aromatic nitrogens is 3. The third kappa shape index (κ3) is 3.73. The van der Waals surface area contributed by atoms with Crippen LogP contribution in [0.4, 0.5) is 13.2 Å². The van der Waals surface area contributed by atoms with E-state index in [0.29, 0.717) is 29.5 Å². The van der Waals surface area contributed by atoms with Crippen molar-refractivity contribution in [3.05, 3.63) is 65.7 Å². The van der Waals surface area contributed by atoms with Gasteiger partial charge in [0, 0.05) is 25.7 Å². The van der Waals surface area contributed by atoms with Crippen LogP contribution in [0.15, 0.2) is 53.2 Å². The van der Waals surface area contributed by atoms with E-state index in [2.05, 4.69) is 15.1 Å². The van der Waals surface area contributed by atoms with Gasteiger partial charge in [-0.25, -0.2) is 0 Å². The van der Waals surface area contributed by atoms with E-state index in [-0.39, 0.29) is 24.8 Å². The molecule has 1 aliphatic rings. The number of pyridine rings is 1. The number of carbonyl (C=O) groups is 1. The van der Waals surface area contributed by atoms with Gasteiger partial charge in [-0.2, -0.15) is 18.2 Å². The van der Waals surface area contributed by atoms with Crippen LogP contribution < -0.4 is 0 Å². The second-order valence-corrected chi connectivity index (χ2v) is 6.54. The zero-order valence-corrected chi connectivity index (χ0v) is 14.6. The molecule has 0 saturated carbocycles. The lowest BCUT2D eigenvalue weighted by Crippen LogP contribution is -2.24. The molecule has 1 saturated heterocycles. The highest BCUT2D eigenvalue weighted by molar-refractivity contribution is 5.79. The number of nitrogens with zero attached hydrogens (tertiary/aromatic N) is 4. The quantitative estimate of drug-likeness (QED) is 0.682. The Balaban J connectivity index is 1.47. The minimum absolute atomic E-state index is 0.0977. The molecule has 0 bridgehead atoms. The number of alkyl halides is 3. The summed E-state index contributed by atoms with van der Waals surface area (Å²) in [5.74, 6) is 0.184. The number of carbonyl (C=O) groups excluding carboxylic acids is 1. The maximum Gasteiger partial charge on any atom is 0.416 e. The van der Waals surface area contributed by atoms with E-state index in [1.54, 1.807) is 30.5 Å². The summed E-state index contributed by atoms with van der Waals surface area (Å²) in [4.78, 5) is 22.3. The first kappa shape index (κ1) is 18.1. The molecule has 1 amide bonds. The van der Waals surface area contributed by atoms with Crippen molar-refractivity contribution in [2.75, 3.05) is 6.54 Å². The van der Waals surface area contributed by atoms with Crippen molar-refractivity contribution in [2.45, 2.75) is 25.1 Å². The van der Waals surface area contributed by atoms with Crippen molar-refractivity contribution < 1.29 is 22.5 Å². The van der Waals surface area contributed by atoms with Gasteiger partial charge in [0.1, 0.15) is 5.69 Å². The predicted octanol–water partition coefficient (Wildman–Crippen LogP) is 3.67. The standard InChI is InChI=1S/C19H15F3N4O2/c20-19(21,22)14-5-3-4-12(8-14)10-26-11-13(9-16(26)27)18-24-17(25-28-18)15-6-1-2-7-23-15/h1-8,13H,9-11H2. The van der Waals surface area contributed by atoms with E-state index in [9.17, 15) is 18.0 Å². The fourth-order valence-electron chi connectivity index (χ4n) is 3.16. The first-order valence-corrected chi connectivity index (χ1v) is 8.59. The van der Waals surface area contributed by atoms with Crippen molar-refractivity contribution in [3.63, 3.8) is 0 Å². The van der Waals surface area contributed by atoms with Gasteiger partial charge in [-0.1, -0.05) is 23.4 Å². The highest BCUT2D eigenvalue weighted by atomic mass is 19.4. The number of benzene rings is 1. The second-order valence-electron chi connectivity index (χ2n) is 6.54. The second kappa shape index (κ2) is 7.06. The van der Waals surface area contributed by atoms with Crippen molar-refractivity contribution in [1.82, 2.24) is 20.0 Å². The summed E-state index contributed by atoms with van der Waals surface area (Å²) in [6.07, 6.45) is -2.64. The van der Waals surface area contributed by atoms with Gasteiger partial charge in [0.05, 0.1) is 11.5 Å². The van der Waals surface area contributed by atoms with Crippen LogP contribution >= 0.6 is 0 Å². The third-order valence-corrected chi connectivity index (χ3v) is 4.53. The van der Waals surface area contributed by atoms with E-state index in [4.69, 9.17) is 4.52 Å². The SMILES string of the molecule is O=C1CC(c2nc(-c3ccccn3)no2)CN1Cc1cccc(C(F)(F)F)c1. The Hall–Kier alpha value is -3.23. The average Bonchev–Trinajstić information content (AvgIpc) is 3.30. The monoisotopic (exact) mass is 388 g/mol. The molecule has 0 spiro atoms. The van der Waals surface area contributed by atoms with Crippen LogP contribution in [-0.4, -0.2) is 32.5 Å². The molecule has 0 aliphatic carbocycles. The van der Waals surface area contributed by atoms with Crippen LogP contribution in [0.3, 0.4) is 0 Å². The Morgan fingerprint density at radius 3 is 2.79 bits per heavy atom. The minimum Gasteiger partial charge on any atom is -0.339 e. The number of hydrogen-bond acceptors (Lipinski definition) is 5. The van der Waals surface area contributed by atoms with Crippen LogP contribution in [0.2, 0.25) is 0 Å². The van der Waals surface area contributed by atoms with E-state index in [1.165, 1.54) is 11.0 Å². The van der Waals surface area contributed by atoms with Gasteiger partial charge in [0.2, 0.25) is 17.6 Å². The maximum atomic E-state index is 12.9. The van der Waals surface area contributed by atoms with E-state index in [0.717, 1.165) is 12.1 Å². The van der Waals surface area contributed by atoms with Gasteiger partial charge in [0.15, 0.2) is 0 Å². The molecular weight excluding hydrogens is 373 g/mol. The Labute approximate surface area is 158 Å². The van der Waals surface area contributed by atoms with Gasteiger partial charge in [-0.15, -0.1) is 0 Å². The minimum atomic E-state index is -4.42. The van der Waals surface area contributed by atoms with Gasteiger partial charge in [-0.05, 0) is 29.8 Å². The number of hydrogen-bond donors (Lipinski definition) is 0. The molecule has 6 nitrogen and oxygen atoms in total. The molecule has 9 heteroatoms. The smallest absolute Gasteiger partial charge is 0.339 e. The van der Waals surface area contributed by atoms with Crippen molar-refractivity contribution in [2.24, 2.45) is 0 Å². The molecule has 1 unspecified atom stereocenters. The molecule has 1 atom stereocenters. The fourth-order valence-corrected chi connectivity index (χ4v) is 3.16. The summed E-state index contributed by atoms with van der Waals surface area (Å²) in [7, 11) is 0. The lowest BCUT2D eigenvalue weighted by Gasteiger charge is -2.17. The van der Waals surface area contributed by atoms with Gasteiger partial charge < -0.3 is 9.42 Å². The summed E-state index contributed by atoms with van der Waals surface area (Å²) in [5.41, 5.74) is 0.247. The number of likely N-dealkylation sites (tertiary alicyclic amines) is 1. The molecule has 2 aromatic heterocycles. The maximum absolute atomic E-state index is 12.9. The number of amides is 1. The topological polar surface area (TPSA) is 72.1 Å². The van der Waals surface area contributed by atoms with Gasteiger partial charge >= 0.3 is 6.18 Å². The van der Waals surface area contributed by atoms with E-state index in [1.807, 2.05) is 0 Å². The van der Waals surface area contributed by atoms with Crippen molar-refractivity contribution >= 4 is 5.91 Å². The number of halogens is 3. The molecule has 1 aromatic carbocycles. The normalized spacial score (nSPS) is 17.3. The van der Waals surface area contributed by atoms with Crippen molar-refractivity contribution in [3.8, 4) is 11.5 Å².